The number of hydrogen-bond acceptors (Lipinski definition) is 3. The number of thioether (sulfide) groups is 1. The van der Waals surface area contributed by atoms with E-state index < -0.39 is 0 Å². The summed E-state index contributed by atoms with van der Waals surface area (Å²) in [6.45, 7) is 0. The van der Waals surface area contributed by atoms with Gasteiger partial charge in [0, 0.05) is 10.6 Å². The standard InChI is InChI=1S/C15H12BrFN2OS/c16-14-3-1-2-12(18-14)15(20)19-11-6-7-21-13-5-4-9(17)8-10(11)13/h1-5,8,11H,6-7H2,(H,19,20). The molecule has 1 unspecified atom stereocenters. The van der Waals surface area contributed by atoms with Crippen LogP contribution in [0.2, 0.25) is 0 Å². The van der Waals surface area contributed by atoms with E-state index in [4.69, 9.17) is 0 Å². The Kier molecular flexibility index (Phi) is 4.26. The van der Waals surface area contributed by atoms with Crippen LogP contribution >= 0.6 is 27.7 Å². The Morgan fingerprint density at radius 2 is 2.24 bits per heavy atom. The summed E-state index contributed by atoms with van der Waals surface area (Å²) in [4.78, 5) is 17.4. The van der Waals surface area contributed by atoms with Gasteiger partial charge in [-0.2, -0.15) is 0 Å². The fourth-order valence-electron chi connectivity index (χ4n) is 2.28. The second-order valence-corrected chi connectivity index (χ2v) is 6.64. The summed E-state index contributed by atoms with van der Waals surface area (Å²) in [5, 5.41) is 2.94. The smallest absolute Gasteiger partial charge is 0.270 e. The molecule has 0 saturated heterocycles. The summed E-state index contributed by atoms with van der Waals surface area (Å²) >= 11 is 4.93. The molecule has 1 aromatic heterocycles. The molecule has 0 spiro atoms. The lowest BCUT2D eigenvalue weighted by Crippen LogP contribution is -2.31. The second-order valence-electron chi connectivity index (χ2n) is 4.69. The SMILES string of the molecule is O=C(NC1CCSc2ccc(F)cc21)c1cccc(Br)n1. The van der Waals surface area contributed by atoms with E-state index in [1.807, 2.05) is 0 Å². The third-order valence-electron chi connectivity index (χ3n) is 3.26. The van der Waals surface area contributed by atoms with E-state index in [1.54, 1.807) is 36.0 Å². The Morgan fingerprint density at radius 1 is 1.38 bits per heavy atom. The average molecular weight is 367 g/mol. The lowest BCUT2D eigenvalue weighted by atomic mass is 10.0. The van der Waals surface area contributed by atoms with Gasteiger partial charge in [-0.15, -0.1) is 11.8 Å². The van der Waals surface area contributed by atoms with Crippen molar-refractivity contribution < 1.29 is 9.18 Å². The lowest BCUT2D eigenvalue weighted by Gasteiger charge is -2.25. The van der Waals surface area contributed by atoms with E-state index in [-0.39, 0.29) is 17.8 Å². The molecule has 2 aromatic rings. The molecule has 3 rings (SSSR count). The van der Waals surface area contributed by atoms with Crippen LogP contribution in [0.3, 0.4) is 0 Å². The molecule has 108 valence electrons. The van der Waals surface area contributed by atoms with Crippen LogP contribution in [0, 0.1) is 5.82 Å². The van der Waals surface area contributed by atoms with Gasteiger partial charge in [-0.1, -0.05) is 6.07 Å². The van der Waals surface area contributed by atoms with E-state index in [9.17, 15) is 9.18 Å². The van der Waals surface area contributed by atoms with Crippen LogP contribution < -0.4 is 5.32 Å². The Labute approximate surface area is 134 Å². The number of nitrogens with zero attached hydrogens (tertiary/aromatic N) is 1. The van der Waals surface area contributed by atoms with Gasteiger partial charge >= 0.3 is 0 Å². The number of halogens is 2. The average Bonchev–Trinajstić information content (AvgIpc) is 2.48. The van der Waals surface area contributed by atoms with Crippen LogP contribution in [0.4, 0.5) is 4.39 Å². The zero-order chi connectivity index (χ0) is 14.8. The first-order valence-corrected chi connectivity index (χ1v) is 8.27. The summed E-state index contributed by atoms with van der Waals surface area (Å²) in [5.74, 6) is 0.370. The maximum absolute atomic E-state index is 13.4. The molecule has 1 aliphatic rings. The van der Waals surface area contributed by atoms with Gasteiger partial charge < -0.3 is 5.32 Å². The van der Waals surface area contributed by atoms with Crippen LogP contribution in [0.25, 0.3) is 0 Å². The number of pyridine rings is 1. The zero-order valence-electron chi connectivity index (χ0n) is 11.0. The molecule has 0 aliphatic carbocycles. The van der Waals surface area contributed by atoms with Gasteiger partial charge in [-0.25, -0.2) is 9.37 Å². The third-order valence-corrected chi connectivity index (χ3v) is 4.83. The number of fused-ring (bicyclic) bond motifs is 1. The summed E-state index contributed by atoms with van der Waals surface area (Å²) in [5.41, 5.74) is 1.19. The normalized spacial score (nSPS) is 17.1. The van der Waals surface area contributed by atoms with Crippen LogP contribution in [0.5, 0.6) is 0 Å². The Morgan fingerprint density at radius 3 is 3.05 bits per heavy atom. The molecule has 0 bridgehead atoms. The topological polar surface area (TPSA) is 42.0 Å². The van der Waals surface area contributed by atoms with Crippen molar-refractivity contribution in [1.29, 1.82) is 0 Å². The number of hydrogen-bond donors (Lipinski definition) is 1. The van der Waals surface area contributed by atoms with Crippen molar-refractivity contribution in [3.05, 3.63) is 58.1 Å². The van der Waals surface area contributed by atoms with Crippen molar-refractivity contribution in [1.82, 2.24) is 10.3 Å². The molecule has 0 fully saturated rings. The van der Waals surface area contributed by atoms with E-state index in [0.29, 0.717) is 10.3 Å². The van der Waals surface area contributed by atoms with Crippen molar-refractivity contribution in [2.75, 3.05) is 5.75 Å². The summed E-state index contributed by atoms with van der Waals surface area (Å²) in [6, 6.07) is 9.72. The molecule has 0 radical (unpaired) electrons. The van der Waals surface area contributed by atoms with Gasteiger partial charge in [-0.3, -0.25) is 4.79 Å². The molecule has 6 heteroatoms. The Hall–Kier alpha value is -1.40. The van der Waals surface area contributed by atoms with E-state index in [0.717, 1.165) is 22.6 Å². The number of benzene rings is 1. The molecule has 21 heavy (non-hydrogen) atoms. The van der Waals surface area contributed by atoms with Crippen molar-refractivity contribution in [2.45, 2.75) is 17.4 Å². The quantitative estimate of drug-likeness (QED) is 0.818. The number of carbonyl (C=O) groups excluding carboxylic acids is 1. The van der Waals surface area contributed by atoms with Gasteiger partial charge in [0.15, 0.2) is 0 Å². The van der Waals surface area contributed by atoms with E-state index in [2.05, 4.69) is 26.2 Å². The molecule has 1 aromatic carbocycles. The van der Waals surface area contributed by atoms with Gasteiger partial charge in [0.2, 0.25) is 0 Å². The molecule has 0 saturated carbocycles. The summed E-state index contributed by atoms with van der Waals surface area (Å²) in [6.07, 6.45) is 0.779. The van der Waals surface area contributed by atoms with E-state index >= 15 is 0 Å². The molecule has 1 aliphatic heterocycles. The van der Waals surface area contributed by atoms with Crippen molar-refractivity contribution in [3.63, 3.8) is 0 Å². The van der Waals surface area contributed by atoms with Gasteiger partial charge in [0.05, 0.1) is 6.04 Å². The third kappa shape index (κ3) is 3.27. The zero-order valence-corrected chi connectivity index (χ0v) is 13.4. The van der Waals surface area contributed by atoms with Crippen LogP contribution in [-0.4, -0.2) is 16.6 Å². The molecule has 1 atom stereocenters. The molecule has 1 amide bonds. The minimum atomic E-state index is -0.281. The number of aromatic nitrogens is 1. The monoisotopic (exact) mass is 366 g/mol. The molecule has 1 N–H and O–H groups in total. The number of rotatable bonds is 2. The highest BCUT2D eigenvalue weighted by Crippen LogP contribution is 2.36. The number of amides is 1. The number of carbonyl (C=O) groups is 1. The Bertz CT molecular complexity index is 695. The van der Waals surface area contributed by atoms with Gasteiger partial charge in [0.1, 0.15) is 16.1 Å². The van der Waals surface area contributed by atoms with Gasteiger partial charge in [0.25, 0.3) is 5.91 Å². The fourth-order valence-corrected chi connectivity index (χ4v) is 3.73. The van der Waals surface area contributed by atoms with Crippen molar-refractivity contribution in [2.24, 2.45) is 0 Å². The van der Waals surface area contributed by atoms with Crippen LogP contribution in [-0.2, 0) is 0 Å². The van der Waals surface area contributed by atoms with Crippen LogP contribution in [0.1, 0.15) is 28.5 Å². The molecule has 2 heterocycles. The van der Waals surface area contributed by atoms with Crippen LogP contribution in [0.15, 0.2) is 45.9 Å². The minimum Gasteiger partial charge on any atom is -0.344 e. The predicted molar refractivity (Wildman–Crippen MR) is 83.9 cm³/mol. The minimum absolute atomic E-state index is 0.176. The first kappa shape index (κ1) is 14.5. The Balaban J connectivity index is 1.83. The number of nitrogens with one attached hydrogen (secondary N) is 1. The molecular weight excluding hydrogens is 355 g/mol. The largest absolute Gasteiger partial charge is 0.344 e. The van der Waals surface area contributed by atoms with Gasteiger partial charge in [-0.05, 0) is 58.2 Å². The predicted octanol–water partition coefficient (Wildman–Crippen LogP) is 3.95. The summed E-state index contributed by atoms with van der Waals surface area (Å²) in [7, 11) is 0. The first-order chi connectivity index (χ1) is 10.1. The van der Waals surface area contributed by atoms with Crippen molar-refractivity contribution >= 4 is 33.6 Å². The lowest BCUT2D eigenvalue weighted by molar-refractivity contribution is 0.0929. The maximum atomic E-state index is 13.4. The van der Waals surface area contributed by atoms with E-state index in [1.165, 1.54) is 12.1 Å². The first-order valence-electron chi connectivity index (χ1n) is 6.49. The highest BCUT2D eigenvalue weighted by molar-refractivity contribution is 9.10. The summed E-state index contributed by atoms with van der Waals surface area (Å²) < 4.78 is 14.1. The van der Waals surface area contributed by atoms with Crippen molar-refractivity contribution in [3.8, 4) is 0 Å². The highest BCUT2D eigenvalue weighted by Gasteiger charge is 2.23. The highest BCUT2D eigenvalue weighted by atomic mass is 79.9. The maximum Gasteiger partial charge on any atom is 0.270 e. The molecule has 3 nitrogen and oxygen atoms in total. The molecular formula is C15H12BrFN2OS. The fraction of sp³-hybridized carbons (Fsp3) is 0.200. The second kappa shape index (κ2) is 6.15.